The molecule has 3 rings (SSSR count). The smallest absolute Gasteiger partial charge is 0.313 e. The van der Waals surface area contributed by atoms with Gasteiger partial charge in [-0.15, -0.1) is 0 Å². The van der Waals surface area contributed by atoms with Gasteiger partial charge in [-0.3, -0.25) is 14.6 Å². The fourth-order valence-corrected chi connectivity index (χ4v) is 3.08. The van der Waals surface area contributed by atoms with E-state index in [1.165, 1.54) is 18.2 Å². The monoisotopic (exact) mass is 493 g/mol. The van der Waals surface area contributed by atoms with E-state index >= 15 is 0 Å². The molecule has 0 saturated carbocycles. The van der Waals surface area contributed by atoms with Gasteiger partial charge in [-0.1, -0.05) is 39.1 Å². The van der Waals surface area contributed by atoms with Crippen LogP contribution in [0.15, 0.2) is 68.5 Å². The molecule has 0 radical (unpaired) electrons. The van der Waals surface area contributed by atoms with Crippen molar-refractivity contribution in [3.63, 3.8) is 0 Å². The third kappa shape index (κ3) is 6.45. The first kappa shape index (κ1) is 21.1. The quantitative estimate of drug-likeness (QED) is 0.370. The average Bonchev–Trinajstić information content (AvgIpc) is 3.12. The van der Waals surface area contributed by atoms with E-state index in [0.717, 1.165) is 10.2 Å². The molecule has 6 nitrogen and oxygen atoms in total. The van der Waals surface area contributed by atoms with Crippen LogP contribution in [0.5, 0.6) is 0 Å². The molecule has 9 heteroatoms. The van der Waals surface area contributed by atoms with Crippen LogP contribution in [0.4, 0.5) is 11.4 Å². The molecule has 0 bridgehead atoms. The van der Waals surface area contributed by atoms with E-state index in [9.17, 15) is 9.59 Å². The summed E-state index contributed by atoms with van der Waals surface area (Å²) in [6, 6.07) is 15.4. The van der Waals surface area contributed by atoms with Gasteiger partial charge in [-0.05, 0) is 54.6 Å². The topological polar surface area (TPSA) is 83.7 Å². The molecular weight excluding hydrogens is 481 g/mol. The Morgan fingerprint density at radius 3 is 2.38 bits per heavy atom. The van der Waals surface area contributed by atoms with Gasteiger partial charge in [0.2, 0.25) is 0 Å². The first-order chi connectivity index (χ1) is 13.9. The molecule has 0 unspecified atom stereocenters. The second kappa shape index (κ2) is 9.73. The van der Waals surface area contributed by atoms with E-state index in [1.807, 2.05) is 24.3 Å². The van der Waals surface area contributed by atoms with Crippen LogP contribution in [0.2, 0.25) is 10.0 Å². The van der Waals surface area contributed by atoms with Crippen molar-refractivity contribution in [1.29, 1.82) is 0 Å². The van der Waals surface area contributed by atoms with Crippen LogP contribution in [0, 0.1) is 0 Å². The van der Waals surface area contributed by atoms with E-state index in [4.69, 9.17) is 27.6 Å². The van der Waals surface area contributed by atoms with Crippen molar-refractivity contribution in [2.24, 2.45) is 4.99 Å². The number of nitrogens with one attached hydrogen (secondary N) is 2. The molecule has 0 aliphatic rings. The summed E-state index contributed by atoms with van der Waals surface area (Å²) in [7, 11) is 0. The first-order valence-corrected chi connectivity index (χ1v) is 9.87. The zero-order chi connectivity index (χ0) is 20.8. The lowest BCUT2D eigenvalue weighted by atomic mass is 10.3. The number of aliphatic imine (C=N–C) groups is 1. The average molecular weight is 495 g/mol. The highest BCUT2D eigenvalue weighted by molar-refractivity contribution is 9.10. The molecule has 1 heterocycles. The minimum Gasteiger partial charge on any atom is -0.458 e. The number of furan rings is 1. The maximum atomic E-state index is 12.0. The lowest BCUT2D eigenvalue weighted by Gasteiger charge is -2.06. The fourth-order valence-electron chi connectivity index (χ4n) is 2.29. The summed E-state index contributed by atoms with van der Waals surface area (Å²) < 4.78 is 6.54. The summed E-state index contributed by atoms with van der Waals surface area (Å²) >= 11 is 15.1. The minimum atomic E-state index is -0.841. The van der Waals surface area contributed by atoms with Gasteiger partial charge in [0.15, 0.2) is 0 Å². The van der Waals surface area contributed by atoms with Crippen LogP contribution >= 0.6 is 39.1 Å². The number of rotatable bonds is 5. The van der Waals surface area contributed by atoms with E-state index in [2.05, 4.69) is 31.6 Å². The summed E-state index contributed by atoms with van der Waals surface area (Å²) in [6.07, 6.45) is 1.57. The highest BCUT2D eigenvalue weighted by Gasteiger charge is 2.14. The summed E-state index contributed by atoms with van der Waals surface area (Å²) in [5.74, 6) is -0.654. The van der Waals surface area contributed by atoms with Gasteiger partial charge in [0.05, 0.1) is 18.4 Å². The highest BCUT2D eigenvalue weighted by Crippen LogP contribution is 2.22. The van der Waals surface area contributed by atoms with Crippen molar-refractivity contribution in [3.05, 3.63) is 80.6 Å². The van der Waals surface area contributed by atoms with Crippen molar-refractivity contribution in [1.82, 2.24) is 5.32 Å². The van der Waals surface area contributed by atoms with Gasteiger partial charge < -0.3 is 15.1 Å². The molecule has 1 aromatic heterocycles. The van der Waals surface area contributed by atoms with Gasteiger partial charge in [-0.25, -0.2) is 0 Å². The number of nitrogens with zero attached hydrogens (tertiary/aromatic N) is 1. The van der Waals surface area contributed by atoms with Crippen LogP contribution in [-0.4, -0.2) is 18.0 Å². The maximum Gasteiger partial charge on any atom is 0.313 e. The second-order valence-corrected chi connectivity index (χ2v) is 7.62. The molecule has 0 aliphatic heterocycles. The predicted molar refractivity (Wildman–Crippen MR) is 117 cm³/mol. The number of benzene rings is 2. The lowest BCUT2D eigenvalue weighted by molar-refractivity contribution is -0.136. The Hall–Kier alpha value is -2.61. The van der Waals surface area contributed by atoms with Crippen molar-refractivity contribution >= 4 is 68.5 Å². The molecule has 0 fully saturated rings. The largest absolute Gasteiger partial charge is 0.458 e. The number of anilines is 1. The Kier molecular flexibility index (Phi) is 7.09. The van der Waals surface area contributed by atoms with Crippen molar-refractivity contribution in [2.75, 3.05) is 5.32 Å². The van der Waals surface area contributed by atoms with Gasteiger partial charge in [0.1, 0.15) is 11.5 Å². The fraction of sp³-hybridized carbons (Fsp3) is 0.0500. The number of halogens is 3. The molecule has 0 spiro atoms. The Bertz CT molecular complexity index is 1040. The minimum absolute atomic E-state index is 0.0503. The zero-order valence-corrected chi connectivity index (χ0v) is 17.9. The predicted octanol–water partition coefficient (Wildman–Crippen LogP) is 5.35. The number of amides is 2. The molecule has 2 N–H and O–H groups in total. The number of hydrogen-bond acceptors (Lipinski definition) is 4. The Labute approximate surface area is 185 Å². The van der Waals surface area contributed by atoms with E-state index in [-0.39, 0.29) is 6.54 Å². The normalized spacial score (nSPS) is 10.9. The maximum absolute atomic E-state index is 12.0. The third-order valence-corrected chi connectivity index (χ3v) is 4.56. The first-order valence-electron chi connectivity index (χ1n) is 8.33. The zero-order valence-electron chi connectivity index (χ0n) is 14.8. The Morgan fingerprint density at radius 2 is 1.69 bits per heavy atom. The summed E-state index contributed by atoms with van der Waals surface area (Å²) in [4.78, 5) is 28.3. The second-order valence-electron chi connectivity index (χ2n) is 5.83. The van der Waals surface area contributed by atoms with Crippen molar-refractivity contribution in [3.8, 4) is 0 Å². The highest BCUT2D eigenvalue weighted by atomic mass is 79.9. The number of hydrogen-bond donors (Lipinski definition) is 2. The summed E-state index contributed by atoms with van der Waals surface area (Å²) in [5.41, 5.74) is 1.10. The van der Waals surface area contributed by atoms with Crippen LogP contribution in [-0.2, 0) is 16.1 Å². The van der Waals surface area contributed by atoms with Crippen LogP contribution < -0.4 is 10.6 Å². The van der Waals surface area contributed by atoms with Gasteiger partial charge >= 0.3 is 11.8 Å². The Balaban J connectivity index is 1.52. The molecule has 0 saturated heterocycles. The lowest BCUT2D eigenvalue weighted by Crippen LogP contribution is -2.34. The van der Waals surface area contributed by atoms with Crippen LogP contribution in [0.3, 0.4) is 0 Å². The third-order valence-electron chi connectivity index (χ3n) is 3.60. The molecule has 2 aromatic carbocycles. The van der Waals surface area contributed by atoms with Crippen LogP contribution in [0.1, 0.15) is 11.5 Å². The molecule has 0 atom stereocenters. The number of carbonyl (C=O) groups is 2. The Morgan fingerprint density at radius 1 is 1.00 bits per heavy atom. The van der Waals surface area contributed by atoms with E-state index < -0.39 is 11.8 Å². The van der Waals surface area contributed by atoms with Crippen molar-refractivity contribution < 1.29 is 14.0 Å². The molecular formula is C20H14BrCl2N3O3. The molecule has 29 heavy (non-hydrogen) atoms. The summed E-state index contributed by atoms with van der Waals surface area (Å²) in [6.45, 7) is 0.0503. The van der Waals surface area contributed by atoms with Gasteiger partial charge in [0, 0.05) is 20.2 Å². The van der Waals surface area contributed by atoms with Crippen LogP contribution in [0.25, 0.3) is 0 Å². The molecule has 2 amide bonds. The van der Waals surface area contributed by atoms with Gasteiger partial charge in [-0.2, -0.15) is 0 Å². The standard InChI is InChI=1S/C20H14BrCl2N3O3/c21-12-1-3-15(4-2-12)24-10-17-5-6-18(29-17)11-25-19(27)20(28)26-16-8-13(22)7-14(23)9-16/h1-10H,11H2,(H,25,27)(H,26,28). The molecule has 0 aliphatic carbocycles. The molecule has 148 valence electrons. The van der Waals surface area contributed by atoms with Gasteiger partial charge in [0.25, 0.3) is 0 Å². The van der Waals surface area contributed by atoms with E-state index in [1.54, 1.807) is 18.3 Å². The summed E-state index contributed by atoms with van der Waals surface area (Å²) in [5, 5.41) is 5.61. The SMILES string of the molecule is O=C(NCc1ccc(C=Nc2ccc(Br)cc2)o1)C(=O)Nc1cc(Cl)cc(Cl)c1. The number of carbonyl (C=O) groups excluding carboxylic acids is 2. The molecule has 3 aromatic rings. The van der Waals surface area contributed by atoms with E-state index in [0.29, 0.717) is 27.3 Å². The van der Waals surface area contributed by atoms with Crippen molar-refractivity contribution in [2.45, 2.75) is 6.54 Å².